The van der Waals surface area contributed by atoms with E-state index in [2.05, 4.69) is 48.9 Å². The van der Waals surface area contributed by atoms with Crippen molar-refractivity contribution < 1.29 is 5.11 Å². The molecule has 2 heteroatoms. The van der Waals surface area contributed by atoms with Crippen molar-refractivity contribution >= 4 is 15.9 Å². The molecule has 0 unspecified atom stereocenters. The summed E-state index contributed by atoms with van der Waals surface area (Å²) in [6, 6.07) is 5.55. The molecule has 0 saturated carbocycles. The molecule has 0 amide bonds. The van der Waals surface area contributed by atoms with E-state index in [1.165, 1.54) is 11.1 Å². The van der Waals surface area contributed by atoms with Gasteiger partial charge in [0.15, 0.2) is 0 Å². The van der Waals surface area contributed by atoms with Crippen molar-refractivity contribution in [1.29, 1.82) is 0 Å². The minimum Gasteiger partial charge on any atom is -0.508 e. The van der Waals surface area contributed by atoms with Crippen LogP contribution < -0.4 is 0 Å². The standard InChI is InChI=1S/C16H21BrO/c1-12(2)5-4-6-13(3)7-8-14-11-15(17)9-10-16(14)18/h5,7,9-11,18H,4,6,8H2,1-3H3. The second kappa shape index (κ2) is 7.42. The molecule has 0 atom stereocenters. The van der Waals surface area contributed by atoms with Gasteiger partial charge in [-0.1, -0.05) is 39.2 Å². The van der Waals surface area contributed by atoms with Gasteiger partial charge in [-0.05, 0) is 63.8 Å². The van der Waals surface area contributed by atoms with E-state index >= 15 is 0 Å². The van der Waals surface area contributed by atoms with Gasteiger partial charge >= 0.3 is 0 Å². The van der Waals surface area contributed by atoms with Gasteiger partial charge in [0.25, 0.3) is 0 Å². The zero-order valence-electron chi connectivity index (χ0n) is 11.3. The number of phenolic OH excluding ortho intramolecular Hbond substituents is 1. The first-order valence-electron chi connectivity index (χ1n) is 6.25. The number of allylic oxidation sites excluding steroid dienone is 4. The molecule has 1 nitrogen and oxygen atoms in total. The van der Waals surface area contributed by atoms with Crippen LogP contribution in [0.2, 0.25) is 0 Å². The minimum absolute atomic E-state index is 0.367. The quantitative estimate of drug-likeness (QED) is 0.723. The topological polar surface area (TPSA) is 20.2 Å². The van der Waals surface area contributed by atoms with Gasteiger partial charge < -0.3 is 5.11 Å². The van der Waals surface area contributed by atoms with Crippen LogP contribution in [-0.4, -0.2) is 5.11 Å². The van der Waals surface area contributed by atoms with Gasteiger partial charge in [0, 0.05) is 4.47 Å². The van der Waals surface area contributed by atoms with Gasteiger partial charge in [-0.3, -0.25) is 0 Å². The fourth-order valence-electron chi connectivity index (χ4n) is 1.69. The van der Waals surface area contributed by atoms with Crippen LogP contribution in [0.25, 0.3) is 0 Å². The molecule has 0 saturated heterocycles. The molecule has 1 rings (SSSR count). The molecule has 1 aromatic carbocycles. The summed E-state index contributed by atoms with van der Waals surface area (Å²) in [5.41, 5.74) is 3.70. The molecule has 0 radical (unpaired) electrons. The minimum atomic E-state index is 0.367. The third-order valence-electron chi connectivity index (χ3n) is 2.80. The maximum Gasteiger partial charge on any atom is 0.119 e. The number of hydrogen-bond acceptors (Lipinski definition) is 1. The Morgan fingerprint density at radius 3 is 2.61 bits per heavy atom. The molecule has 0 aliphatic rings. The Morgan fingerprint density at radius 2 is 1.94 bits per heavy atom. The molecule has 0 aromatic heterocycles. The van der Waals surface area contributed by atoms with Gasteiger partial charge in [0.05, 0.1) is 0 Å². The van der Waals surface area contributed by atoms with E-state index in [4.69, 9.17) is 0 Å². The van der Waals surface area contributed by atoms with Gasteiger partial charge in [-0.25, -0.2) is 0 Å². The Labute approximate surface area is 118 Å². The second-order valence-electron chi connectivity index (χ2n) is 4.85. The highest BCUT2D eigenvalue weighted by Crippen LogP contribution is 2.23. The smallest absolute Gasteiger partial charge is 0.119 e. The average molecular weight is 309 g/mol. The number of aromatic hydroxyl groups is 1. The van der Waals surface area contributed by atoms with E-state index in [9.17, 15) is 5.11 Å². The van der Waals surface area contributed by atoms with Crippen LogP contribution in [0.5, 0.6) is 5.75 Å². The number of phenols is 1. The summed E-state index contributed by atoms with van der Waals surface area (Å²) in [4.78, 5) is 0. The van der Waals surface area contributed by atoms with Crippen molar-refractivity contribution in [1.82, 2.24) is 0 Å². The van der Waals surface area contributed by atoms with Crippen molar-refractivity contribution in [3.63, 3.8) is 0 Å². The Bertz CT molecular complexity index is 454. The van der Waals surface area contributed by atoms with E-state index in [-0.39, 0.29) is 0 Å². The summed E-state index contributed by atoms with van der Waals surface area (Å²) in [6.07, 6.45) is 7.41. The van der Waals surface area contributed by atoms with Crippen LogP contribution in [-0.2, 0) is 6.42 Å². The highest BCUT2D eigenvalue weighted by Gasteiger charge is 2.00. The first-order chi connectivity index (χ1) is 8.49. The summed E-state index contributed by atoms with van der Waals surface area (Å²) < 4.78 is 1.01. The maximum absolute atomic E-state index is 9.74. The molecule has 0 spiro atoms. The van der Waals surface area contributed by atoms with E-state index in [1.54, 1.807) is 6.07 Å². The van der Waals surface area contributed by atoms with Gasteiger partial charge in [-0.15, -0.1) is 0 Å². The third-order valence-corrected chi connectivity index (χ3v) is 3.30. The van der Waals surface area contributed by atoms with Crippen LogP contribution in [0.1, 0.15) is 39.2 Å². The summed E-state index contributed by atoms with van der Waals surface area (Å²) in [5.74, 6) is 0.367. The summed E-state index contributed by atoms with van der Waals surface area (Å²) in [5, 5.41) is 9.74. The fraction of sp³-hybridized carbons (Fsp3) is 0.375. The third kappa shape index (κ3) is 5.54. The summed E-state index contributed by atoms with van der Waals surface area (Å²) in [6.45, 7) is 6.39. The molecule has 98 valence electrons. The Kier molecular flexibility index (Phi) is 6.20. The molecule has 18 heavy (non-hydrogen) atoms. The van der Waals surface area contributed by atoms with E-state index in [0.29, 0.717) is 5.75 Å². The van der Waals surface area contributed by atoms with Crippen LogP contribution in [0.4, 0.5) is 0 Å². The SMILES string of the molecule is CC(C)=CCCC(C)=CCc1cc(Br)ccc1O. The van der Waals surface area contributed by atoms with Crippen LogP contribution in [0, 0.1) is 0 Å². The first kappa shape index (κ1) is 15.0. The highest BCUT2D eigenvalue weighted by atomic mass is 79.9. The lowest BCUT2D eigenvalue weighted by Gasteiger charge is -2.04. The molecule has 0 aliphatic carbocycles. The second-order valence-corrected chi connectivity index (χ2v) is 5.76. The molecule has 1 aromatic rings. The summed E-state index contributed by atoms with van der Waals surface area (Å²) >= 11 is 3.42. The molecule has 0 aliphatic heterocycles. The van der Waals surface area contributed by atoms with E-state index in [1.807, 2.05) is 12.1 Å². The molecular formula is C16H21BrO. The predicted molar refractivity (Wildman–Crippen MR) is 81.9 cm³/mol. The Morgan fingerprint density at radius 1 is 1.22 bits per heavy atom. The number of halogens is 1. The molecule has 0 bridgehead atoms. The van der Waals surface area contributed by atoms with E-state index < -0.39 is 0 Å². The molecule has 0 heterocycles. The number of hydrogen-bond donors (Lipinski definition) is 1. The predicted octanol–water partition coefficient (Wildman–Crippen LogP) is 5.39. The van der Waals surface area contributed by atoms with Crippen LogP contribution in [0.15, 0.2) is 46.0 Å². The average Bonchev–Trinajstić information content (AvgIpc) is 2.30. The highest BCUT2D eigenvalue weighted by molar-refractivity contribution is 9.10. The maximum atomic E-state index is 9.74. The molecular weight excluding hydrogens is 288 g/mol. The Balaban J connectivity index is 2.57. The summed E-state index contributed by atoms with van der Waals surface area (Å²) in [7, 11) is 0. The van der Waals surface area contributed by atoms with Crippen LogP contribution >= 0.6 is 15.9 Å². The Hall–Kier alpha value is -1.02. The first-order valence-corrected chi connectivity index (χ1v) is 7.04. The normalized spacial score (nSPS) is 11.4. The van der Waals surface area contributed by atoms with Crippen molar-refractivity contribution in [3.8, 4) is 5.75 Å². The van der Waals surface area contributed by atoms with Crippen molar-refractivity contribution in [2.45, 2.75) is 40.0 Å². The van der Waals surface area contributed by atoms with Crippen molar-refractivity contribution in [2.75, 3.05) is 0 Å². The lowest BCUT2D eigenvalue weighted by atomic mass is 10.1. The lowest BCUT2D eigenvalue weighted by molar-refractivity contribution is 0.469. The van der Waals surface area contributed by atoms with Gasteiger partial charge in [-0.2, -0.15) is 0 Å². The lowest BCUT2D eigenvalue weighted by Crippen LogP contribution is -1.85. The molecule has 1 N–H and O–H groups in total. The van der Waals surface area contributed by atoms with Gasteiger partial charge in [0.1, 0.15) is 5.75 Å². The van der Waals surface area contributed by atoms with Crippen molar-refractivity contribution in [3.05, 3.63) is 51.5 Å². The van der Waals surface area contributed by atoms with Crippen LogP contribution in [0.3, 0.4) is 0 Å². The molecule has 0 fully saturated rings. The zero-order valence-corrected chi connectivity index (χ0v) is 12.9. The zero-order chi connectivity index (χ0) is 13.5. The number of benzene rings is 1. The number of rotatable bonds is 5. The van der Waals surface area contributed by atoms with Gasteiger partial charge in [0.2, 0.25) is 0 Å². The van der Waals surface area contributed by atoms with E-state index in [0.717, 1.165) is 29.3 Å². The van der Waals surface area contributed by atoms with Crippen molar-refractivity contribution in [2.24, 2.45) is 0 Å². The fourth-order valence-corrected chi connectivity index (χ4v) is 2.10. The largest absolute Gasteiger partial charge is 0.508 e. The monoisotopic (exact) mass is 308 g/mol.